The Hall–Kier alpha value is -0.570. The van der Waals surface area contributed by atoms with Gasteiger partial charge in [-0.2, -0.15) is 0 Å². The molecule has 0 aromatic heterocycles. The second kappa shape index (κ2) is 5.17. The van der Waals surface area contributed by atoms with Crippen LogP contribution in [-0.2, 0) is 6.54 Å². The van der Waals surface area contributed by atoms with Gasteiger partial charge in [0.2, 0.25) is 0 Å². The molecule has 3 heteroatoms. The van der Waals surface area contributed by atoms with Crippen molar-refractivity contribution in [1.82, 2.24) is 4.90 Å². The summed E-state index contributed by atoms with van der Waals surface area (Å²) < 4.78 is 0. The third-order valence-electron chi connectivity index (χ3n) is 3.08. The zero-order chi connectivity index (χ0) is 11.5. The fourth-order valence-corrected chi connectivity index (χ4v) is 2.49. The minimum Gasteiger partial charge on any atom is -0.392 e. The van der Waals surface area contributed by atoms with Crippen molar-refractivity contribution in [3.05, 3.63) is 34.3 Å². The van der Waals surface area contributed by atoms with E-state index in [2.05, 4.69) is 17.0 Å². The van der Waals surface area contributed by atoms with Gasteiger partial charge in [0.05, 0.1) is 6.10 Å². The van der Waals surface area contributed by atoms with Gasteiger partial charge < -0.3 is 5.11 Å². The van der Waals surface area contributed by atoms with Gasteiger partial charge >= 0.3 is 0 Å². The summed E-state index contributed by atoms with van der Waals surface area (Å²) in [6.45, 7) is 4.71. The summed E-state index contributed by atoms with van der Waals surface area (Å²) in [4.78, 5) is 2.27. The number of aliphatic hydroxyl groups excluding tert-OH is 1. The summed E-state index contributed by atoms with van der Waals surface area (Å²) in [5.74, 6) is 0. The molecule has 1 heterocycles. The van der Waals surface area contributed by atoms with Crippen LogP contribution < -0.4 is 0 Å². The van der Waals surface area contributed by atoms with Crippen LogP contribution in [0.4, 0.5) is 0 Å². The van der Waals surface area contributed by atoms with Crippen LogP contribution in [0.15, 0.2) is 18.2 Å². The first kappa shape index (κ1) is 11.9. The second-order valence-corrected chi connectivity index (χ2v) is 5.03. The summed E-state index contributed by atoms with van der Waals surface area (Å²) in [5, 5.41) is 10.4. The predicted octanol–water partition coefficient (Wildman–Crippen LogP) is 2.61. The first-order valence-corrected chi connectivity index (χ1v) is 6.18. The van der Waals surface area contributed by atoms with E-state index in [0.717, 1.165) is 43.1 Å². The maximum Gasteiger partial charge on any atom is 0.0667 e. The SMILES string of the molecule is Cc1ccc(CN2CCC[C@@H](O)C2)c(Cl)c1. The number of rotatable bonds is 2. The fourth-order valence-electron chi connectivity index (χ4n) is 2.20. The van der Waals surface area contributed by atoms with Crippen molar-refractivity contribution in [3.8, 4) is 0 Å². The molecule has 1 N–H and O–H groups in total. The maximum absolute atomic E-state index is 9.60. The van der Waals surface area contributed by atoms with Crippen molar-refractivity contribution < 1.29 is 5.11 Å². The average Bonchev–Trinajstić information content (AvgIpc) is 2.22. The van der Waals surface area contributed by atoms with Gasteiger partial charge in [0, 0.05) is 18.1 Å². The highest BCUT2D eigenvalue weighted by atomic mass is 35.5. The van der Waals surface area contributed by atoms with Gasteiger partial charge in [0.1, 0.15) is 0 Å². The van der Waals surface area contributed by atoms with Crippen LogP contribution in [0, 0.1) is 6.92 Å². The quantitative estimate of drug-likeness (QED) is 0.858. The average molecular weight is 240 g/mol. The van der Waals surface area contributed by atoms with Crippen LogP contribution in [0.1, 0.15) is 24.0 Å². The highest BCUT2D eigenvalue weighted by Gasteiger charge is 2.18. The lowest BCUT2D eigenvalue weighted by Gasteiger charge is -2.30. The lowest BCUT2D eigenvalue weighted by molar-refractivity contribution is 0.0668. The van der Waals surface area contributed by atoms with Crippen molar-refractivity contribution in [1.29, 1.82) is 0 Å². The first-order valence-electron chi connectivity index (χ1n) is 5.80. The van der Waals surface area contributed by atoms with E-state index in [0.29, 0.717) is 0 Å². The Morgan fingerprint density at radius 1 is 1.50 bits per heavy atom. The summed E-state index contributed by atoms with van der Waals surface area (Å²) in [6.07, 6.45) is 1.83. The molecule has 0 saturated carbocycles. The van der Waals surface area contributed by atoms with E-state index >= 15 is 0 Å². The highest BCUT2D eigenvalue weighted by molar-refractivity contribution is 6.31. The number of hydrogen-bond acceptors (Lipinski definition) is 2. The van der Waals surface area contributed by atoms with Crippen molar-refractivity contribution in [2.45, 2.75) is 32.4 Å². The van der Waals surface area contributed by atoms with E-state index in [1.54, 1.807) is 0 Å². The van der Waals surface area contributed by atoms with Gasteiger partial charge in [-0.1, -0.05) is 23.7 Å². The van der Waals surface area contributed by atoms with E-state index in [-0.39, 0.29) is 6.10 Å². The molecule has 16 heavy (non-hydrogen) atoms. The molecule has 2 rings (SSSR count). The van der Waals surface area contributed by atoms with Crippen molar-refractivity contribution in [3.63, 3.8) is 0 Å². The number of halogens is 1. The molecule has 1 aromatic rings. The minimum absolute atomic E-state index is 0.169. The Morgan fingerprint density at radius 2 is 2.31 bits per heavy atom. The van der Waals surface area contributed by atoms with E-state index in [9.17, 15) is 5.11 Å². The smallest absolute Gasteiger partial charge is 0.0667 e. The van der Waals surface area contributed by atoms with Crippen LogP contribution in [0.2, 0.25) is 5.02 Å². The molecule has 1 atom stereocenters. The number of benzene rings is 1. The molecule has 0 spiro atoms. The molecule has 0 amide bonds. The van der Waals surface area contributed by atoms with E-state index in [1.807, 2.05) is 13.0 Å². The number of aliphatic hydroxyl groups is 1. The van der Waals surface area contributed by atoms with E-state index < -0.39 is 0 Å². The third-order valence-corrected chi connectivity index (χ3v) is 3.44. The standard InChI is InChI=1S/C13H18ClNO/c1-10-4-5-11(13(14)7-10)8-15-6-2-3-12(16)9-15/h4-5,7,12,16H,2-3,6,8-9H2,1H3/t12-/m1/s1. The van der Waals surface area contributed by atoms with E-state index in [4.69, 9.17) is 11.6 Å². The van der Waals surface area contributed by atoms with Gasteiger partial charge in [-0.05, 0) is 43.5 Å². The molecule has 1 aliphatic heterocycles. The Bertz CT molecular complexity index is 367. The normalized spacial score (nSPS) is 22.3. The van der Waals surface area contributed by atoms with Crippen LogP contribution in [0.25, 0.3) is 0 Å². The molecule has 0 aliphatic carbocycles. The summed E-state index contributed by atoms with van der Waals surface area (Å²) in [5.41, 5.74) is 2.34. The third kappa shape index (κ3) is 2.97. The number of nitrogens with zero attached hydrogens (tertiary/aromatic N) is 1. The molecule has 0 unspecified atom stereocenters. The predicted molar refractivity (Wildman–Crippen MR) is 66.7 cm³/mol. The molecule has 0 radical (unpaired) electrons. The Balaban J connectivity index is 2.02. The number of β-amino-alcohol motifs (C(OH)–C–C–N with tert-alkyl or cyclic N) is 1. The number of likely N-dealkylation sites (tertiary alicyclic amines) is 1. The lowest BCUT2D eigenvalue weighted by Crippen LogP contribution is -2.37. The van der Waals surface area contributed by atoms with Crippen LogP contribution in [0.3, 0.4) is 0 Å². The zero-order valence-electron chi connectivity index (χ0n) is 9.62. The summed E-state index contributed by atoms with van der Waals surface area (Å²) in [7, 11) is 0. The Labute approximate surface area is 102 Å². The molecule has 2 nitrogen and oxygen atoms in total. The second-order valence-electron chi connectivity index (χ2n) is 4.63. The van der Waals surface area contributed by atoms with Crippen LogP contribution >= 0.6 is 11.6 Å². The maximum atomic E-state index is 9.60. The molecule has 1 aromatic carbocycles. The lowest BCUT2D eigenvalue weighted by atomic mass is 10.1. The van der Waals surface area contributed by atoms with Gasteiger partial charge in [-0.25, -0.2) is 0 Å². The van der Waals surface area contributed by atoms with Crippen molar-refractivity contribution >= 4 is 11.6 Å². The summed E-state index contributed by atoms with van der Waals surface area (Å²) in [6, 6.07) is 6.16. The molecule has 1 fully saturated rings. The van der Waals surface area contributed by atoms with Crippen LogP contribution in [-0.4, -0.2) is 29.2 Å². The summed E-state index contributed by atoms with van der Waals surface area (Å²) >= 11 is 6.20. The Kier molecular flexibility index (Phi) is 3.85. The molecule has 1 saturated heterocycles. The minimum atomic E-state index is -0.169. The van der Waals surface area contributed by atoms with Crippen molar-refractivity contribution in [2.24, 2.45) is 0 Å². The number of piperidine rings is 1. The van der Waals surface area contributed by atoms with Gasteiger partial charge in [0.25, 0.3) is 0 Å². The van der Waals surface area contributed by atoms with Crippen LogP contribution in [0.5, 0.6) is 0 Å². The topological polar surface area (TPSA) is 23.5 Å². The van der Waals surface area contributed by atoms with Crippen molar-refractivity contribution in [2.75, 3.05) is 13.1 Å². The molecule has 0 bridgehead atoms. The molecular weight excluding hydrogens is 222 g/mol. The largest absolute Gasteiger partial charge is 0.392 e. The number of hydrogen-bond donors (Lipinski definition) is 1. The monoisotopic (exact) mass is 239 g/mol. The molecule has 88 valence electrons. The fraction of sp³-hybridized carbons (Fsp3) is 0.538. The van der Waals surface area contributed by atoms with E-state index in [1.165, 1.54) is 5.56 Å². The zero-order valence-corrected chi connectivity index (χ0v) is 10.4. The van der Waals surface area contributed by atoms with Gasteiger partial charge in [-0.15, -0.1) is 0 Å². The Morgan fingerprint density at radius 3 is 3.00 bits per heavy atom. The first-order chi connectivity index (χ1) is 7.65. The van der Waals surface area contributed by atoms with Gasteiger partial charge in [0.15, 0.2) is 0 Å². The molecule has 1 aliphatic rings. The number of aryl methyl sites for hydroxylation is 1. The highest BCUT2D eigenvalue weighted by Crippen LogP contribution is 2.21. The van der Waals surface area contributed by atoms with Gasteiger partial charge in [-0.3, -0.25) is 4.90 Å². The molecular formula is C13H18ClNO.